The lowest BCUT2D eigenvalue weighted by atomic mass is 10.0. The second-order valence-electron chi connectivity index (χ2n) is 1.43. The molecule has 1 aliphatic rings. The van der Waals surface area contributed by atoms with Crippen LogP contribution in [0.15, 0.2) is 0 Å². The summed E-state index contributed by atoms with van der Waals surface area (Å²) in [4.78, 5) is 0. The third-order valence-corrected chi connectivity index (χ3v) is 0.757. The van der Waals surface area contributed by atoms with Gasteiger partial charge in [-0.1, -0.05) is 12.8 Å². The van der Waals surface area contributed by atoms with Crippen LogP contribution in [-0.4, -0.2) is 0 Å². The monoisotopic (exact) mass is 66.0 g/mol. The molecule has 1 aliphatic carbocycles. The summed E-state index contributed by atoms with van der Waals surface area (Å²) in [6.45, 7) is 2.14. The van der Waals surface area contributed by atoms with Gasteiger partial charge >= 0.3 is 0 Å². The molecule has 0 radical (unpaired) electrons. The summed E-state index contributed by atoms with van der Waals surface area (Å²) in [5, 5.41) is 0. The van der Waals surface area contributed by atoms with E-state index in [1.165, 1.54) is 0 Å². The standard InChI is InChI=1S/C5H6/c1-5-3-2-4-5/h5H,3H2,1H3. The van der Waals surface area contributed by atoms with Gasteiger partial charge in [0.05, 0.1) is 0 Å². The fourth-order valence-electron chi connectivity index (χ4n) is 0.306. The molecule has 0 heterocycles. The Morgan fingerprint density at radius 1 is 1.80 bits per heavy atom. The summed E-state index contributed by atoms with van der Waals surface area (Å²) >= 11 is 0. The molecule has 1 rings (SSSR count). The highest BCUT2D eigenvalue weighted by atomic mass is 14.0. The Labute approximate surface area is 32.2 Å². The minimum absolute atomic E-state index is 0.704. The predicted octanol–water partition coefficient (Wildman–Crippen LogP) is 1.03. The van der Waals surface area contributed by atoms with E-state index in [-0.39, 0.29) is 0 Å². The third-order valence-electron chi connectivity index (χ3n) is 0.757. The second-order valence-corrected chi connectivity index (χ2v) is 1.43. The molecule has 0 saturated heterocycles. The van der Waals surface area contributed by atoms with Crippen molar-refractivity contribution < 1.29 is 0 Å². The first-order chi connectivity index (χ1) is 2.39. The van der Waals surface area contributed by atoms with Crippen molar-refractivity contribution in [2.45, 2.75) is 13.3 Å². The Balaban J connectivity index is 2.52. The van der Waals surface area contributed by atoms with Gasteiger partial charge in [-0.2, -0.15) is 0 Å². The van der Waals surface area contributed by atoms with E-state index in [0.29, 0.717) is 5.92 Å². The van der Waals surface area contributed by atoms with Gasteiger partial charge in [0, 0.05) is 12.3 Å². The van der Waals surface area contributed by atoms with E-state index in [0.717, 1.165) is 6.42 Å². The van der Waals surface area contributed by atoms with Gasteiger partial charge in [0.15, 0.2) is 0 Å². The average molecular weight is 66.1 g/mol. The molecular weight excluding hydrogens is 60.1 g/mol. The van der Waals surface area contributed by atoms with Gasteiger partial charge in [0.1, 0.15) is 0 Å². The average Bonchev–Trinajstić information content (AvgIpc) is 1.30. The highest BCUT2D eigenvalue weighted by molar-refractivity contribution is 5.14. The van der Waals surface area contributed by atoms with Crippen molar-refractivity contribution in [2.75, 3.05) is 0 Å². The van der Waals surface area contributed by atoms with Crippen LogP contribution in [-0.2, 0) is 0 Å². The van der Waals surface area contributed by atoms with Crippen LogP contribution in [0.3, 0.4) is 0 Å². The van der Waals surface area contributed by atoms with Crippen molar-refractivity contribution in [2.24, 2.45) is 5.92 Å². The maximum atomic E-state index is 2.96. The maximum Gasteiger partial charge on any atom is 0.0284 e. The Hall–Kier alpha value is -0.440. The Bertz CT molecular complexity index is 81.9. The Kier molecular flexibility index (Phi) is 0.420. The number of hydrogen-bond donors (Lipinski definition) is 0. The highest BCUT2D eigenvalue weighted by Crippen LogP contribution is 2.04. The maximum absolute atomic E-state index is 2.96. The third kappa shape index (κ3) is 0.280. The Morgan fingerprint density at radius 2 is 2.20 bits per heavy atom. The predicted molar refractivity (Wildman–Crippen MR) is 21.6 cm³/mol. The van der Waals surface area contributed by atoms with Crippen molar-refractivity contribution in [3.05, 3.63) is 0 Å². The minimum atomic E-state index is 0.704. The van der Waals surface area contributed by atoms with Crippen LogP contribution in [0.25, 0.3) is 0 Å². The van der Waals surface area contributed by atoms with Gasteiger partial charge in [-0.15, -0.1) is 5.92 Å². The van der Waals surface area contributed by atoms with Crippen LogP contribution < -0.4 is 0 Å². The second kappa shape index (κ2) is 0.755. The summed E-state index contributed by atoms with van der Waals surface area (Å²) in [5.74, 6) is 6.57. The van der Waals surface area contributed by atoms with E-state index in [9.17, 15) is 0 Å². The molecule has 0 nitrogen and oxygen atoms in total. The Morgan fingerprint density at radius 3 is 2.20 bits per heavy atom. The topological polar surface area (TPSA) is 0 Å². The van der Waals surface area contributed by atoms with Crippen LogP contribution in [0.1, 0.15) is 13.3 Å². The number of hydrogen-bond acceptors (Lipinski definition) is 0. The van der Waals surface area contributed by atoms with Crippen LogP contribution in [0.5, 0.6) is 0 Å². The first-order valence-corrected chi connectivity index (χ1v) is 1.88. The van der Waals surface area contributed by atoms with Gasteiger partial charge in [-0.25, -0.2) is 0 Å². The number of rotatable bonds is 0. The molecular formula is C5H6. The molecule has 0 heteroatoms. The summed E-state index contributed by atoms with van der Waals surface area (Å²) in [7, 11) is 0. The molecule has 1 unspecified atom stereocenters. The van der Waals surface area contributed by atoms with E-state index in [1.54, 1.807) is 0 Å². The van der Waals surface area contributed by atoms with Gasteiger partial charge in [-0.05, 0) is 0 Å². The first-order valence-electron chi connectivity index (χ1n) is 1.88. The van der Waals surface area contributed by atoms with E-state index in [2.05, 4.69) is 18.8 Å². The van der Waals surface area contributed by atoms with Gasteiger partial charge in [0.2, 0.25) is 0 Å². The molecule has 0 aromatic carbocycles. The molecule has 0 N–H and O–H groups in total. The van der Waals surface area contributed by atoms with Crippen molar-refractivity contribution >= 4 is 0 Å². The lowest BCUT2D eigenvalue weighted by molar-refractivity contribution is 0.747. The fraction of sp³-hybridized carbons (Fsp3) is 0.600. The van der Waals surface area contributed by atoms with Crippen LogP contribution >= 0.6 is 0 Å². The van der Waals surface area contributed by atoms with Crippen molar-refractivity contribution in [3.8, 4) is 11.8 Å². The molecule has 0 saturated carbocycles. The highest BCUT2D eigenvalue weighted by Gasteiger charge is 1.97. The van der Waals surface area contributed by atoms with Gasteiger partial charge in [0.25, 0.3) is 0 Å². The van der Waals surface area contributed by atoms with E-state index in [4.69, 9.17) is 0 Å². The summed E-state index contributed by atoms with van der Waals surface area (Å²) in [6, 6.07) is 0. The zero-order valence-electron chi connectivity index (χ0n) is 3.28. The zero-order chi connectivity index (χ0) is 3.70. The quantitative estimate of drug-likeness (QED) is 0.370. The molecule has 0 aromatic heterocycles. The van der Waals surface area contributed by atoms with Gasteiger partial charge in [-0.3, -0.25) is 0 Å². The van der Waals surface area contributed by atoms with Crippen LogP contribution in [0, 0.1) is 17.8 Å². The lowest BCUT2D eigenvalue weighted by Gasteiger charge is -2.01. The van der Waals surface area contributed by atoms with Crippen molar-refractivity contribution in [1.82, 2.24) is 0 Å². The molecule has 1 atom stereocenters. The van der Waals surface area contributed by atoms with E-state index >= 15 is 0 Å². The molecule has 26 valence electrons. The first kappa shape index (κ1) is 2.78. The largest absolute Gasteiger partial charge is 0.102 e. The summed E-state index contributed by atoms with van der Waals surface area (Å²) in [6.07, 6.45) is 1.12. The van der Waals surface area contributed by atoms with Crippen LogP contribution in [0.2, 0.25) is 0 Å². The minimum Gasteiger partial charge on any atom is -0.102 e. The fourth-order valence-corrected chi connectivity index (χ4v) is 0.306. The van der Waals surface area contributed by atoms with Gasteiger partial charge < -0.3 is 0 Å². The smallest absolute Gasteiger partial charge is 0.0284 e. The molecule has 0 fully saturated rings. The molecule has 0 bridgehead atoms. The summed E-state index contributed by atoms with van der Waals surface area (Å²) < 4.78 is 0. The van der Waals surface area contributed by atoms with Crippen molar-refractivity contribution in [1.29, 1.82) is 0 Å². The molecule has 0 aromatic rings. The lowest BCUT2D eigenvalue weighted by Crippen LogP contribution is -1.94. The van der Waals surface area contributed by atoms with E-state index < -0.39 is 0 Å². The van der Waals surface area contributed by atoms with Crippen molar-refractivity contribution in [3.63, 3.8) is 0 Å². The van der Waals surface area contributed by atoms with E-state index in [1.807, 2.05) is 0 Å². The SMILES string of the molecule is CC1C#CC1. The molecule has 0 amide bonds. The molecule has 0 spiro atoms. The summed E-state index contributed by atoms with van der Waals surface area (Å²) in [5.41, 5.74) is 0. The molecule has 0 aliphatic heterocycles. The normalized spacial score (nSPS) is 30.2. The molecule has 5 heavy (non-hydrogen) atoms. The zero-order valence-corrected chi connectivity index (χ0v) is 3.28. The van der Waals surface area contributed by atoms with Crippen LogP contribution in [0.4, 0.5) is 0 Å².